The number of Topliss-reactive ketones (excluding diaryl/α,β-unsaturated/α-hetero) is 1. The van der Waals surface area contributed by atoms with E-state index in [-0.39, 0.29) is 33.6 Å². The summed E-state index contributed by atoms with van der Waals surface area (Å²) in [5.41, 5.74) is -1.75. The Morgan fingerprint density at radius 1 is 0.949 bits per heavy atom. The highest BCUT2D eigenvalue weighted by molar-refractivity contribution is 6.12. The van der Waals surface area contributed by atoms with E-state index in [2.05, 4.69) is 0 Å². The second-order valence-corrected chi connectivity index (χ2v) is 9.84. The van der Waals surface area contributed by atoms with E-state index >= 15 is 0 Å². The molecule has 0 atom stereocenters. The van der Waals surface area contributed by atoms with Crippen LogP contribution in [0.3, 0.4) is 0 Å². The Morgan fingerprint density at radius 3 is 2.23 bits per heavy atom. The van der Waals surface area contributed by atoms with Gasteiger partial charge in [0.05, 0.1) is 5.56 Å². The minimum atomic E-state index is -0.893. The largest absolute Gasteiger partial charge is 0.507 e. The number of hydrogen-bond acceptors (Lipinski definition) is 8. The molecule has 1 aliphatic heterocycles. The summed E-state index contributed by atoms with van der Waals surface area (Å²) >= 11 is 0. The summed E-state index contributed by atoms with van der Waals surface area (Å²) in [5, 5.41) is 54.2. The van der Waals surface area contributed by atoms with Gasteiger partial charge in [-0.25, -0.2) is 4.39 Å². The number of ketones is 2. The number of allylic oxidation sites excluding steroid dienone is 1. The molecule has 0 amide bonds. The number of phenolic OH excluding ortho intramolecular Hbond substituents is 5. The number of benzene rings is 3. The van der Waals surface area contributed by atoms with Crippen molar-refractivity contribution in [1.82, 2.24) is 0 Å². The molecule has 9 heteroatoms. The maximum atomic E-state index is 13.6. The van der Waals surface area contributed by atoms with Gasteiger partial charge in [-0.1, -0.05) is 18.2 Å². The average molecular weight is 535 g/mol. The Hall–Kier alpha value is -4.79. The summed E-state index contributed by atoms with van der Waals surface area (Å²) in [6.45, 7) is 5.87. The van der Waals surface area contributed by atoms with E-state index in [1.165, 1.54) is 37.3 Å². The topological polar surface area (TPSA) is 145 Å². The molecular weight excluding hydrogens is 507 g/mol. The lowest BCUT2D eigenvalue weighted by molar-refractivity contribution is 0.100. The van der Waals surface area contributed by atoms with Crippen molar-refractivity contribution in [2.45, 2.75) is 39.7 Å². The monoisotopic (exact) mass is 534 g/mol. The van der Waals surface area contributed by atoms with Crippen LogP contribution in [0.15, 0.2) is 36.4 Å². The highest BCUT2D eigenvalue weighted by Crippen LogP contribution is 2.50. The fourth-order valence-corrected chi connectivity index (χ4v) is 4.46. The molecule has 3 aromatic carbocycles. The molecule has 0 aliphatic carbocycles. The Balaban J connectivity index is 1.93. The number of aromatic hydroxyl groups is 5. The van der Waals surface area contributed by atoms with Gasteiger partial charge in [-0.05, 0) is 63.6 Å². The predicted molar refractivity (Wildman–Crippen MR) is 142 cm³/mol. The maximum absolute atomic E-state index is 13.6. The molecule has 1 heterocycles. The van der Waals surface area contributed by atoms with Crippen molar-refractivity contribution in [3.8, 4) is 34.5 Å². The van der Waals surface area contributed by atoms with Crippen molar-refractivity contribution in [2.75, 3.05) is 0 Å². The third-order valence-corrected chi connectivity index (χ3v) is 6.54. The standard InChI is InChI=1S/C30H27FO8/c1-14-24(34)19(27(37)22(15(2)32)25(14)35)13-20-26(36)18-10-11-30(3,4)39-29(18)23(28(20)38)21(33)9-8-16-6-5-7-17(31)12-16/h5-12,34-38H,13H2,1-4H3/b9-8+. The van der Waals surface area contributed by atoms with Gasteiger partial charge in [0.2, 0.25) is 0 Å². The van der Waals surface area contributed by atoms with Crippen LogP contribution in [0.25, 0.3) is 12.2 Å². The summed E-state index contributed by atoms with van der Waals surface area (Å²) in [7, 11) is 0. The zero-order valence-corrected chi connectivity index (χ0v) is 21.7. The number of rotatable bonds is 6. The average Bonchev–Trinajstić information content (AvgIpc) is 2.85. The van der Waals surface area contributed by atoms with Gasteiger partial charge < -0.3 is 30.3 Å². The minimum absolute atomic E-state index is 0.0749. The van der Waals surface area contributed by atoms with Crippen LogP contribution in [0.4, 0.5) is 4.39 Å². The Morgan fingerprint density at radius 2 is 1.59 bits per heavy atom. The van der Waals surface area contributed by atoms with E-state index in [4.69, 9.17) is 4.74 Å². The predicted octanol–water partition coefficient (Wildman–Crippen LogP) is 5.54. The van der Waals surface area contributed by atoms with Crippen molar-refractivity contribution < 1.29 is 44.2 Å². The van der Waals surface area contributed by atoms with E-state index in [0.717, 1.165) is 13.0 Å². The molecule has 0 bridgehead atoms. The Labute approximate surface area is 223 Å². The molecule has 0 saturated carbocycles. The number of ether oxygens (including phenoxy) is 1. The number of phenols is 5. The Bertz CT molecular complexity index is 1600. The minimum Gasteiger partial charge on any atom is -0.507 e. The molecule has 4 rings (SSSR count). The molecule has 39 heavy (non-hydrogen) atoms. The zero-order valence-electron chi connectivity index (χ0n) is 21.7. The van der Waals surface area contributed by atoms with E-state index in [9.17, 15) is 39.5 Å². The first-order valence-electron chi connectivity index (χ1n) is 12.0. The second-order valence-electron chi connectivity index (χ2n) is 9.84. The molecular formula is C30H27FO8. The van der Waals surface area contributed by atoms with Crippen LogP contribution in [0, 0.1) is 12.7 Å². The molecule has 3 aromatic rings. The molecule has 1 aliphatic rings. The molecule has 202 valence electrons. The molecule has 0 radical (unpaired) electrons. The molecule has 0 spiro atoms. The molecule has 0 unspecified atom stereocenters. The van der Waals surface area contributed by atoms with Gasteiger partial charge >= 0.3 is 0 Å². The number of fused-ring (bicyclic) bond motifs is 1. The van der Waals surface area contributed by atoms with Crippen LogP contribution in [-0.4, -0.2) is 42.7 Å². The first-order chi connectivity index (χ1) is 18.2. The molecule has 0 aromatic heterocycles. The van der Waals surface area contributed by atoms with Gasteiger partial charge in [0.25, 0.3) is 0 Å². The molecule has 5 N–H and O–H groups in total. The van der Waals surface area contributed by atoms with E-state index in [1.54, 1.807) is 26.0 Å². The van der Waals surface area contributed by atoms with Crippen molar-refractivity contribution >= 4 is 23.7 Å². The summed E-state index contributed by atoms with van der Waals surface area (Å²) in [6, 6.07) is 5.53. The van der Waals surface area contributed by atoms with E-state index in [1.807, 2.05) is 0 Å². The second kappa shape index (κ2) is 9.83. The van der Waals surface area contributed by atoms with Crippen molar-refractivity contribution in [3.05, 3.63) is 81.2 Å². The van der Waals surface area contributed by atoms with Gasteiger partial charge in [0, 0.05) is 23.1 Å². The normalized spacial score (nSPS) is 13.8. The summed E-state index contributed by atoms with van der Waals surface area (Å²) < 4.78 is 19.5. The van der Waals surface area contributed by atoms with Crippen LogP contribution < -0.4 is 4.74 Å². The highest BCUT2D eigenvalue weighted by Gasteiger charge is 2.34. The third-order valence-electron chi connectivity index (χ3n) is 6.54. The summed E-state index contributed by atoms with van der Waals surface area (Å²) in [4.78, 5) is 25.5. The number of carbonyl (C=O) groups is 2. The van der Waals surface area contributed by atoms with Crippen LogP contribution in [0.2, 0.25) is 0 Å². The lowest BCUT2D eigenvalue weighted by Crippen LogP contribution is -2.28. The zero-order chi connectivity index (χ0) is 28.8. The Kier molecular flexibility index (Phi) is 6.87. The van der Waals surface area contributed by atoms with Gasteiger partial charge in [-0.3, -0.25) is 9.59 Å². The molecule has 8 nitrogen and oxygen atoms in total. The van der Waals surface area contributed by atoms with Crippen molar-refractivity contribution in [2.24, 2.45) is 0 Å². The number of carbonyl (C=O) groups excluding carboxylic acids is 2. The first kappa shape index (κ1) is 27.3. The number of hydrogen-bond donors (Lipinski definition) is 5. The lowest BCUT2D eigenvalue weighted by Gasteiger charge is -2.30. The quantitative estimate of drug-likeness (QED) is 0.205. The fourth-order valence-electron chi connectivity index (χ4n) is 4.46. The van der Waals surface area contributed by atoms with Crippen molar-refractivity contribution in [3.63, 3.8) is 0 Å². The van der Waals surface area contributed by atoms with Crippen LogP contribution >= 0.6 is 0 Å². The van der Waals surface area contributed by atoms with E-state index in [0.29, 0.717) is 5.56 Å². The lowest BCUT2D eigenvalue weighted by atomic mass is 9.89. The van der Waals surface area contributed by atoms with Gasteiger partial charge in [-0.2, -0.15) is 0 Å². The summed E-state index contributed by atoms with van der Waals surface area (Å²) in [5.74, 6) is -5.03. The molecule has 0 saturated heterocycles. The number of halogens is 1. The SMILES string of the molecule is CC(=O)c1c(O)c(C)c(O)c(Cc2c(O)c3c(c(C(=O)/C=C/c4cccc(F)c4)c2O)OC(C)(C)C=C3)c1O. The smallest absolute Gasteiger partial charge is 0.193 e. The van der Waals surface area contributed by atoms with Crippen LogP contribution in [0.5, 0.6) is 34.5 Å². The third kappa shape index (κ3) is 4.90. The molecule has 0 fully saturated rings. The van der Waals surface area contributed by atoms with Gasteiger partial charge in [-0.15, -0.1) is 0 Å². The summed E-state index contributed by atoms with van der Waals surface area (Å²) in [6.07, 6.45) is 5.11. The van der Waals surface area contributed by atoms with Gasteiger partial charge in [0.15, 0.2) is 11.6 Å². The fraction of sp³-hybridized carbons (Fsp3) is 0.200. The van der Waals surface area contributed by atoms with Gasteiger partial charge in [0.1, 0.15) is 57.0 Å². The highest BCUT2D eigenvalue weighted by atomic mass is 19.1. The maximum Gasteiger partial charge on any atom is 0.193 e. The van der Waals surface area contributed by atoms with E-state index < -0.39 is 63.7 Å². The van der Waals surface area contributed by atoms with Crippen molar-refractivity contribution in [1.29, 1.82) is 0 Å². The van der Waals surface area contributed by atoms with Crippen LogP contribution in [-0.2, 0) is 6.42 Å². The van der Waals surface area contributed by atoms with Crippen LogP contribution in [0.1, 0.15) is 69.3 Å². The first-order valence-corrected chi connectivity index (χ1v) is 12.0.